The minimum absolute atomic E-state index is 0.233. The third kappa shape index (κ3) is 3.65. The fraction of sp³-hybridized carbons (Fsp3) is 0.167. The second-order valence-electron chi connectivity index (χ2n) is 5.38. The summed E-state index contributed by atoms with van der Waals surface area (Å²) in [5.41, 5.74) is 3.12. The molecule has 0 radical (unpaired) electrons. The number of aromatic nitrogens is 3. The second kappa shape index (κ2) is 7.04. The van der Waals surface area contributed by atoms with Crippen LogP contribution in [0.5, 0.6) is 0 Å². The van der Waals surface area contributed by atoms with E-state index in [0.29, 0.717) is 6.54 Å². The van der Waals surface area contributed by atoms with Crippen LogP contribution >= 0.6 is 0 Å². The standard InChI is InChI=1S/C18H17FN4O/c1-2-13-5-9-16(10-6-13)23-12-17(21-22-23)18(24)20-11-14-3-7-15(19)8-4-14/h3-10,12H,2,11H2,1H3,(H,20,24). The van der Waals surface area contributed by atoms with Crippen molar-refractivity contribution in [3.8, 4) is 5.69 Å². The van der Waals surface area contributed by atoms with E-state index in [9.17, 15) is 9.18 Å². The quantitative estimate of drug-likeness (QED) is 0.785. The van der Waals surface area contributed by atoms with E-state index in [1.165, 1.54) is 17.7 Å². The summed E-state index contributed by atoms with van der Waals surface area (Å²) in [4.78, 5) is 12.1. The summed E-state index contributed by atoms with van der Waals surface area (Å²) in [5, 5.41) is 10.6. The summed E-state index contributed by atoms with van der Waals surface area (Å²) in [5.74, 6) is -0.627. The normalized spacial score (nSPS) is 10.6. The molecule has 3 rings (SSSR count). The molecule has 0 spiro atoms. The Morgan fingerprint density at radius 1 is 1.08 bits per heavy atom. The lowest BCUT2D eigenvalue weighted by Crippen LogP contribution is -2.23. The number of nitrogens with one attached hydrogen (secondary N) is 1. The summed E-state index contributed by atoms with van der Waals surface area (Å²) in [6, 6.07) is 13.9. The summed E-state index contributed by atoms with van der Waals surface area (Å²) >= 11 is 0. The molecule has 6 heteroatoms. The maximum Gasteiger partial charge on any atom is 0.273 e. The topological polar surface area (TPSA) is 59.8 Å². The van der Waals surface area contributed by atoms with Gasteiger partial charge in [0.25, 0.3) is 5.91 Å². The van der Waals surface area contributed by atoms with Gasteiger partial charge in [0.15, 0.2) is 5.69 Å². The van der Waals surface area contributed by atoms with Crippen molar-refractivity contribution < 1.29 is 9.18 Å². The number of carbonyl (C=O) groups is 1. The number of halogens is 1. The van der Waals surface area contributed by atoms with Gasteiger partial charge in [-0.3, -0.25) is 4.79 Å². The Labute approximate surface area is 139 Å². The summed E-state index contributed by atoms with van der Waals surface area (Å²) in [6.07, 6.45) is 2.55. The van der Waals surface area contributed by atoms with Gasteiger partial charge in [0, 0.05) is 6.54 Å². The van der Waals surface area contributed by atoms with E-state index in [0.717, 1.165) is 17.7 Å². The van der Waals surface area contributed by atoms with Crippen LogP contribution in [-0.4, -0.2) is 20.9 Å². The van der Waals surface area contributed by atoms with Gasteiger partial charge in [-0.15, -0.1) is 5.10 Å². The predicted octanol–water partition coefficient (Wildman–Crippen LogP) is 2.90. The Balaban J connectivity index is 1.65. The number of amides is 1. The fourth-order valence-corrected chi connectivity index (χ4v) is 2.25. The van der Waals surface area contributed by atoms with Crippen molar-refractivity contribution in [1.82, 2.24) is 20.3 Å². The third-order valence-electron chi connectivity index (χ3n) is 3.70. The lowest BCUT2D eigenvalue weighted by Gasteiger charge is -2.03. The van der Waals surface area contributed by atoms with Gasteiger partial charge in [-0.2, -0.15) is 0 Å². The van der Waals surface area contributed by atoms with Crippen molar-refractivity contribution in [2.45, 2.75) is 19.9 Å². The van der Waals surface area contributed by atoms with Gasteiger partial charge in [0.1, 0.15) is 5.82 Å². The lowest BCUT2D eigenvalue weighted by atomic mass is 10.1. The summed E-state index contributed by atoms with van der Waals surface area (Å²) < 4.78 is 14.4. The van der Waals surface area contributed by atoms with Gasteiger partial charge in [0.2, 0.25) is 0 Å². The lowest BCUT2D eigenvalue weighted by molar-refractivity contribution is 0.0946. The highest BCUT2D eigenvalue weighted by Gasteiger charge is 2.11. The SMILES string of the molecule is CCc1ccc(-n2cc(C(=O)NCc3ccc(F)cc3)nn2)cc1. The number of rotatable bonds is 5. The molecule has 3 aromatic rings. The van der Waals surface area contributed by atoms with Gasteiger partial charge in [-0.05, 0) is 41.8 Å². The van der Waals surface area contributed by atoms with Gasteiger partial charge >= 0.3 is 0 Å². The maximum atomic E-state index is 12.9. The Bertz CT molecular complexity index is 825. The Morgan fingerprint density at radius 2 is 1.75 bits per heavy atom. The van der Waals surface area contributed by atoms with Gasteiger partial charge in [-0.25, -0.2) is 9.07 Å². The van der Waals surface area contributed by atoms with Gasteiger partial charge in [-0.1, -0.05) is 36.4 Å². The minimum atomic E-state index is -0.323. The van der Waals surface area contributed by atoms with Crippen LogP contribution in [0.25, 0.3) is 5.69 Å². The number of benzene rings is 2. The van der Waals surface area contributed by atoms with Crippen LogP contribution in [-0.2, 0) is 13.0 Å². The number of nitrogens with zero attached hydrogens (tertiary/aromatic N) is 3. The molecule has 2 aromatic carbocycles. The third-order valence-corrected chi connectivity index (χ3v) is 3.70. The summed E-state index contributed by atoms with van der Waals surface area (Å²) in [7, 11) is 0. The molecule has 0 fully saturated rings. The highest BCUT2D eigenvalue weighted by Crippen LogP contribution is 2.10. The Morgan fingerprint density at radius 3 is 2.42 bits per heavy atom. The number of hydrogen-bond donors (Lipinski definition) is 1. The zero-order valence-electron chi connectivity index (χ0n) is 13.2. The van der Waals surface area contributed by atoms with E-state index in [4.69, 9.17) is 0 Å². The molecule has 122 valence electrons. The molecular formula is C18H17FN4O. The smallest absolute Gasteiger partial charge is 0.273 e. The molecule has 24 heavy (non-hydrogen) atoms. The van der Waals surface area contributed by atoms with Crippen LogP contribution in [0.1, 0.15) is 28.5 Å². The molecule has 0 aliphatic carbocycles. The van der Waals surface area contributed by atoms with Crippen LogP contribution in [0, 0.1) is 5.82 Å². The predicted molar refractivity (Wildman–Crippen MR) is 88.3 cm³/mol. The molecule has 1 amide bonds. The van der Waals surface area contributed by atoms with Crippen molar-refractivity contribution in [1.29, 1.82) is 0 Å². The molecular weight excluding hydrogens is 307 g/mol. The van der Waals surface area contributed by atoms with E-state index in [2.05, 4.69) is 22.6 Å². The fourth-order valence-electron chi connectivity index (χ4n) is 2.25. The molecule has 0 bridgehead atoms. The van der Waals surface area contributed by atoms with Crippen molar-refractivity contribution >= 4 is 5.91 Å². The number of hydrogen-bond acceptors (Lipinski definition) is 3. The maximum absolute atomic E-state index is 12.9. The monoisotopic (exact) mass is 324 g/mol. The molecule has 0 aliphatic heterocycles. The van der Waals surface area contributed by atoms with Crippen LogP contribution in [0.3, 0.4) is 0 Å². The zero-order valence-corrected chi connectivity index (χ0v) is 13.2. The summed E-state index contributed by atoms with van der Waals surface area (Å²) in [6.45, 7) is 2.39. The zero-order chi connectivity index (χ0) is 16.9. The van der Waals surface area contributed by atoms with Crippen molar-refractivity contribution in [2.24, 2.45) is 0 Å². The van der Waals surface area contributed by atoms with Crippen LogP contribution in [0.15, 0.2) is 54.7 Å². The first kappa shape index (κ1) is 15.9. The molecule has 0 saturated carbocycles. The second-order valence-corrected chi connectivity index (χ2v) is 5.38. The van der Waals surface area contributed by atoms with Crippen molar-refractivity contribution in [2.75, 3.05) is 0 Å². The van der Waals surface area contributed by atoms with E-state index in [1.54, 1.807) is 23.0 Å². The van der Waals surface area contributed by atoms with E-state index >= 15 is 0 Å². The molecule has 1 aromatic heterocycles. The molecule has 0 unspecified atom stereocenters. The van der Waals surface area contributed by atoms with Crippen LogP contribution < -0.4 is 5.32 Å². The van der Waals surface area contributed by atoms with Gasteiger partial charge < -0.3 is 5.32 Å². The average molecular weight is 324 g/mol. The molecule has 0 aliphatic rings. The van der Waals surface area contributed by atoms with E-state index < -0.39 is 0 Å². The molecule has 5 nitrogen and oxygen atoms in total. The van der Waals surface area contributed by atoms with Crippen LogP contribution in [0.4, 0.5) is 4.39 Å². The largest absolute Gasteiger partial charge is 0.347 e. The molecule has 0 saturated heterocycles. The van der Waals surface area contributed by atoms with Gasteiger partial charge in [0.05, 0.1) is 11.9 Å². The van der Waals surface area contributed by atoms with E-state index in [-0.39, 0.29) is 17.4 Å². The molecule has 1 N–H and O–H groups in total. The molecule has 1 heterocycles. The minimum Gasteiger partial charge on any atom is -0.347 e. The van der Waals surface area contributed by atoms with Crippen LogP contribution in [0.2, 0.25) is 0 Å². The highest BCUT2D eigenvalue weighted by molar-refractivity contribution is 5.91. The Hall–Kier alpha value is -3.02. The Kier molecular flexibility index (Phi) is 4.65. The first-order chi connectivity index (χ1) is 11.7. The highest BCUT2D eigenvalue weighted by atomic mass is 19.1. The van der Waals surface area contributed by atoms with Crippen molar-refractivity contribution in [3.63, 3.8) is 0 Å². The number of aryl methyl sites for hydroxylation is 1. The molecule has 0 atom stereocenters. The van der Waals surface area contributed by atoms with E-state index in [1.807, 2.05) is 24.3 Å². The first-order valence-electron chi connectivity index (χ1n) is 7.70. The first-order valence-corrected chi connectivity index (χ1v) is 7.70. The average Bonchev–Trinajstić information content (AvgIpc) is 3.11. The van der Waals surface area contributed by atoms with Crippen molar-refractivity contribution in [3.05, 3.63) is 77.4 Å². The number of carbonyl (C=O) groups excluding carboxylic acids is 1.